The van der Waals surface area contributed by atoms with Gasteiger partial charge in [-0.3, -0.25) is 53.2 Å². The average Bonchev–Trinajstić information content (AvgIpc) is 4.10. The normalized spacial score (nSPS) is 32.2. The fourth-order valence-corrected chi connectivity index (χ4v) is 14.2. The molecule has 10 saturated heterocycles. The van der Waals surface area contributed by atoms with Crippen LogP contribution in [0.2, 0.25) is 0 Å². The topological polar surface area (TPSA) is 107 Å². The maximum absolute atomic E-state index is 11.8. The zero-order valence-corrected chi connectivity index (χ0v) is 50.0. The lowest BCUT2D eigenvalue weighted by molar-refractivity contribution is -0.0787. The minimum Gasteiger partial charge on any atom is -0.389 e. The van der Waals surface area contributed by atoms with Crippen molar-refractivity contribution in [2.24, 2.45) is 0 Å². The number of piperazine rings is 5. The van der Waals surface area contributed by atoms with Gasteiger partial charge in [-0.1, -0.05) is 0 Å². The van der Waals surface area contributed by atoms with Gasteiger partial charge in [-0.25, -0.2) is 0 Å². The maximum atomic E-state index is 11.8. The number of hydrogen-bond acceptors (Lipinski definition) is 16. The van der Waals surface area contributed by atoms with Gasteiger partial charge in [0.05, 0.1) is 51.2 Å². The molecule has 1 N–H and O–H groups in total. The number of nitrogens with zero attached hydrogens (tertiary/aromatic N) is 10. The second kappa shape index (κ2) is 32.0. The first-order valence-corrected chi connectivity index (χ1v) is 32.3. The molecule has 10 aliphatic heterocycles. The second-order valence-corrected chi connectivity index (χ2v) is 27.4. The Hall–Kier alpha value is -0.580. The van der Waals surface area contributed by atoms with Crippen LogP contribution in [0.1, 0.15) is 101 Å². The van der Waals surface area contributed by atoms with Gasteiger partial charge in [-0.2, -0.15) is 0 Å². The van der Waals surface area contributed by atoms with E-state index >= 15 is 0 Å². The van der Waals surface area contributed by atoms with Crippen molar-refractivity contribution in [1.82, 2.24) is 49.0 Å². The molecule has 16 nitrogen and oxygen atoms in total. The van der Waals surface area contributed by atoms with Gasteiger partial charge in [-0.05, 0) is 117 Å². The van der Waals surface area contributed by atoms with Crippen molar-refractivity contribution < 1.29 is 28.3 Å². The minimum atomic E-state index is -1.72. The number of hydrogen-bond donors (Lipinski definition) is 1. The summed E-state index contributed by atoms with van der Waals surface area (Å²) in [5.41, 5.74) is 0. The van der Waals surface area contributed by atoms with Gasteiger partial charge in [0.1, 0.15) is 0 Å². The monoisotopic (exact) mass is 1070 g/mol. The highest BCUT2D eigenvalue weighted by Gasteiger charge is 2.35. The van der Waals surface area contributed by atoms with Crippen LogP contribution in [0.4, 0.5) is 0 Å². The Kier molecular flexibility index (Phi) is 27.1. The molecule has 0 radical (unpaired) electrons. The summed E-state index contributed by atoms with van der Waals surface area (Å²) < 4.78 is 33.2. The first kappa shape index (κ1) is 62.6. The Labute approximate surface area is 454 Å². The molecular weight excluding hydrogens is 953 g/mol. The molecule has 10 heterocycles. The number of ether oxygens (including phenoxy) is 4. The van der Waals surface area contributed by atoms with Gasteiger partial charge in [0.2, 0.25) is 0 Å². The Balaban J connectivity index is 0.000000151. The minimum absolute atomic E-state index is 0.235. The fraction of sp³-hybridized carbons (Fsp3) is 0.982. The van der Waals surface area contributed by atoms with Crippen LogP contribution in [0, 0.1) is 0 Å². The van der Waals surface area contributed by atoms with Crippen LogP contribution in [0.15, 0.2) is 0 Å². The van der Waals surface area contributed by atoms with E-state index in [-0.39, 0.29) is 12.1 Å². The van der Waals surface area contributed by atoms with Crippen LogP contribution in [0.5, 0.6) is 0 Å². The van der Waals surface area contributed by atoms with Crippen LogP contribution in [0.25, 0.3) is 0 Å². The van der Waals surface area contributed by atoms with Gasteiger partial charge < -0.3 is 24.1 Å². The zero-order valence-electron chi connectivity index (χ0n) is 49.2. The molecule has 0 aromatic heterocycles. The molecule has 0 aliphatic carbocycles. The van der Waals surface area contributed by atoms with E-state index in [1.807, 2.05) is 0 Å². The quantitative estimate of drug-likeness (QED) is 0.324. The molecule has 10 fully saturated rings. The van der Waals surface area contributed by atoms with Crippen molar-refractivity contribution in [1.29, 1.82) is 0 Å². The van der Waals surface area contributed by atoms with E-state index in [0.717, 1.165) is 102 Å². The van der Waals surface area contributed by atoms with Crippen LogP contribution in [0.3, 0.4) is 0 Å². The first-order valence-electron chi connectivity index (χ1n) is 30.2. The summed E-state index contributed by atoms with van der Waals surface area (Å²) in [6.45, 7) is 53.6. The standard InChI is InChI=1S/C13H26N2OS.C12H24N2O.C11H22N2O2.C11H22N2O.C10H20N2O/c1-12(2)14-6-8-15(9-7-14)13-4-10-17(3,16)11-5-13;1-11(2)13-5-7-14(8-6-13)12-3-9-15-10-4-12;1-9(2)12-3-5-13(6-4-12)10-7-15-8-11(10)14;1-10(2)12-4-6-13(7-5-12)11-3-8-14-9-11;1-9(2)11-3-5-12(6-4-11)10-7-13-8-10/h12-13H,3-11H2,1-2H3;11-12H,3-10H2,1-2H3;9-11,14H,3-8H2,1-2H3;10-11H,3-9H2,1-2H3;9-10H,3-8H2,1-2H3. The Morgan fingerprint density at radius 1 is 0.365 bits per heavy atom. The van der Waals surface area contributed by atoms with E-state index in [4.69, 9.17) is 18.9 Å². The lowest BCUT2D eigenvalue weighted by Gasteiger charge is -2.43. The first-order chi connectivity index (χ1) is 35.5. The number of aliphatic hydroxyl groups excluding tert-OH is 1. The Bertz CT molecular complexity index is 1580. The predicted octanol–water partition coefficient (Wildman–Crippen LogP) is 3.07. The largest absolute Gasteiger partial charge is 0.389 e. The highest BCUT2D eigenvalue weighted by molar-refractivity contribution is 8.00. The molecule has 10 rings (SSSR count). The summed E-state index contributed by atoms with van der Waals surface area (Å²) in [4.78, 5) is 25.5. The van der Waals surface area contributed by atoms with Gasteiger partial charge in [0, 0.05) is 211 Å². The molecule has 0 aromatic carbocycles. The molecule has 0 aromatic rings. The molecule has 74 heavy (non-hydrogen) atoms. The van der Waals surface area contributed by atoms with E-state index < -0.39 is 9.52 Å². The molecule has 3 atom stereocenters. The van der Waals surface area contributed by atoms with Crippen molar-refractivity contribution >= 4 is 15.4 Å². The highest BCUT2D eigenvalue weighted by Crippen LogP contribution is 2.22. The summed E-state index contributed by atoms with van der Waals surface area (Å²) in [6, 6.07) is 6.57. The van der Waals surface area contributed by atoms with Crippen LogP contribution >= 0.6 is 0 Å². The van der Waals surface area contributed by atoms with Gasteiger partial charge in [0.15, 0.2) is 0 Å². The van der Waals surface area contributed by atoms with Crippen LogP contribution < -0.4 is 0 Å². The molecule has 17 heteroatoms. The SMILES string of the molecule is C=S1(=O)CCC(N2CCN(C(C)C)CC2)CC1.CC(C)N1CCN(C2CCOC2)CC1.CC(C)N1CCN(C2CCOCC2)CC1.CC(C)N1CCN(C2COC2)CC1.CC(C)N1CCN(C2COCC2O)CC1. The molecule has 0 amide bonds. The van der Waals surface area contributed by atoms with Crippen molar-refractivity contribution in [2.75, 3.05) is 195 Å². The summed E-state index contributed by atoms with van der Waals surface area (Å²) in [5.74, 6) is 5.52. The maximum Gasteiger partial charge on any atom is 0.0950 e. The predicted molar refractivity (Wildman–Crippen MR) is 308 cm³/mol. The van der Waals surface area contributed by atoms with Crippen LogP contribution in [-0.4, -0.2) is 326 Å². The van der Waals surface area contributed by atoms with E-state index in [1.165, 1.54) is 124 Å². The summed E-state index contributed by atoms with van der Waals surface area (Å²) in [6.07, 6.45) is 5.61. The third-order valence-electron chi connectivity index (χ3n) is 18.3. The lowest BCUT2D eigenvalue weighted by Crippen LogP contribution is -2.57. The average molecular weight is 1070 g/mol. The van der Waals surface area contributed by atoms with Crippen LogP contribution in [-0.2, 0) is 28.5 Å². The summed E-state index contributed by atoms with van der Waals surface area (Å²) in [5, 5.41) is 9.74. The molecular formula is C57H114N10O6S. The van der Waals surface area contributed by atoms with Gasteiger partial charge >= 0.3 is 0 Å². The van der Waals surface area contributed by atoms with E-state index in [0.29, 0.717) is 55.5 Å². The molecule has 434 valence electrons. The van der Waals surface area contributed by atoms with Gasteiger partial charge in [-0.15, -0.1) is 0 Å². The summed E-state index contributed by atoms with van der Waals surface area (Å²) >= 11 is 0. The third kappa shape index (κ3) is 20.2. The molecule has 10 aliphatic rings. The highest BCUT2D eigenvalue weighted by atomic mass is 32.2. The Morgan fingerprint density at radius 2 is 0.662 bits per heavy atom. The number of aliphatic hydroxyl groups is 1. The molecule has 0 saturated carbocycles. The molecule has 0 bridgehead atoms. The second-order valence-electron chi connectivity index (χ2n) is 24.7. The van der Waals surface area contributed by atoms with Crippen molar-refractivity contribution in [2.45, 2.75) is 168 Å². The molecule has 3 unspecified atom stereocenters. The van der Waals surface area contributed by atoms with Gasteiger partial charge in [0.25, 0.3) is 0 Å². The van der Waals surface area contributed by atoms with E-state index in [2.05, 4.69) is 124 Å². The lowest BCUT2D eigenvalue weighted by atomic mass is 10.1. The van der Waals surface area contributed by atoms with Crippen molar-refractivity contribution in [3.63, 3.8) is 0 Å². The van der Waals surface area contributed by atoms with E-state index in [9.17, 15) is 9.32 Å². The van der Waals surface area contributed by atoms with Crippen molar-refractivity contribution in [3.8, 4) is 0 Å². The third-order valence-corrected chi connectivity index (χ3v) is 20.3. The smallest absolute Gasteiger partial charge is 0.0950 e. The molecule has 0 spiro atoms. The Morgan fingerprint density at radius 3 is 0.973 bits per heavy atom. The van der Waals surface area contributed by atoms with E-state index in [1.54, 1.807) is 0 Å². The zero-order chi connectivity index (χ0) is 53.2. The van der Waals surface area contributed by atoms with Crippen molar-refractivity contribution in [3.05, 3.63) is 0 Å². The number of rotatable bonds is 10. The summed E-state index contributed by atoms with van der Waals surface area (Å²) in [7, 11) is -1.72. The fourth-order valence-electron chi connectivity index (χ4n) is 12.5.